The molecule has 2 heterocycles. The Morgan fingerprint density at radius 2 is 1.76 bits per heavy atom. The average molecular weight is 239 g/mol. The lowest BCUT2D eigenvalue weighted by molar-refractivity contribution is -0.141. The van der Waals surface area contributed by atoms with Crippen molar-refractivity contribution < 1.29 is 9.59 Å². The van der Waals surface area contributed by atoms with Crippen LogP contribution in [-0.4, -0.2) is 60.9 Å². The number of nitrogens with zero attached hydrogens (tertiary/aromatic N) is 2. The van der Waals surface area contributed by atoms with Crippen molar-refractivity contribution in [3.05, 3.63) is 0 Å². The van der Waals surface area contributed by atoms with Crippen molar-refractivity contribution in [2.24, 2.45) is 5.92 Å². The minimum Gasteiger partial charge on any atom is -0.339 e. The highest BCUT2D eigenvalue weighted by Crippen LogP contribution is 2.15. The van der Waals surface area contributed by atoms with Gasteiger partial charge in [-0.1, -0.05) is 0 Å². The van der Waals surface area contributed by atoms with Gasteiger partial charge in [0.1, 0.15) is 0 Å². The summed E-state index contributed by atoms with van der Waals surface area (Å²) < 4.78 is 0. The van der Waals surface area contributed by atoms with E-state index in [1.54, 1.807) is 6.92 Å². The number of carbonyl (C=O) groups is 2. The molecule has 2 amide bonds. The van der Waals surface area contributed by atoms with Crippen LogP contribution in [0.5, 0.6) is 0 Å². The maximum Gasteiger partial charge on any atom is 0.227 e. The molecule has 2 rings (SSSR count). The molecule has 5 heteroatoms. The summed E-state index contributed by atoms with van der Waals surface area (Å²) in [6, 6.07) is 0. The number of rotatable bonds is 1. The molecular formula is C12H21N3O2. The molecule has 0 bridgehead atoms. The van der Waals surface area contributed by atoms with E-state index in [9.17, 15) is 9.59 Å². The summed E-state index contributed by atoms with van der Waals surface area (Å²) >= 11 is 0. The van der Waals surface area contributed by atoms with E-state index < -0.39 is 0 Å². The van der Waals surface area contributed by atoms with Crippen LogP contribution in [0.3, 0.4) is 0 Å². The van der Waals surface area contributed by atoms with Gasteiger partial charge in [-0.2, -0.15) is 0 Å². The van der Waals surface area contributed by atoms with E-state index in [0.29, 0.717) is 26.2 Å². The molecule has 17 heavy (non-hydrogen) atoms. The fourth-order valence-electron chi connectivity index (χ4n) is 2.56. The van der Waals surface area contributed by atoms with Crippen LogP contribution in [0.15, 0.2) is 0 Å². The van der Waals surface area contributed by atoms with Gasteiger partial charge in [-0.25, -0.2) is 0 Å². The van der Waals surface area contributed by atoms with Crippen molar-refractivity contribution >= 4 is 11.8 Å². The molecule has 0 aromatic carbocycles. The predicted octanol–water partition coefficient (Wildman–Crippen LogP) is -0.323. The number of nitrogens with one attached hydrogen (secondary N) is 1. The van der Waals surface area contributed by atoms with Gasteiger partial charge in [-0.05, 0) is 19.4 Å². The Morgan fingerprint density at radius 1 is 1.12 bits per heavy atom. The van der Waals surface area contributed by atoms with E-state index in [1.165, 1.54) is 0 Å². The monoisotopic (exact) mass is 239 g/mol. The Morgan fingerprint density at radius 3 is 2.29 bits per heavy atom. The number of hydrogen-bond donors (Lipinski definition) is 1. The first-order valence-electron chi connectivity index (χ1n) is 6.43. The Labute approximate surface area is 102 Å². The van der Waals surface area contributed by atoms with Crippen LogP contribution in [0, 0.1) is 5.92 Å². The molecule has 0 aromatic heterocycles. The molecule has 2 saturated heterocycles. The molecule has 2 aliphatic rings. The van der Waals surface area contributed by atoms with E-state index in [2.05, 4.69) is 5.32 Å². The van der Waals surface area contributed by atoms with Gasteiger partial charge in [0.05, 0.1) is 5.92 Å². The molecule has 1 unspecified atom stereocenters. The predicted molar refractivity (Wildman–Crippen MR) is 64.4 cm³/mol. The first-order chi connectivity index (χ1) is 8.18. The molecule has 0 aliphatic carbocycles. The normalized spacial score (nSPS) is 25.8. The van der Waals surface area contributed by atoms with Gasteiger partial charge < -0.3 is 15.1 Å². The van der Waals surface area contributed by atoms with Crippen LogP contribution in [0.1, 0.15) is 19.8 Å². The highest BCUT2D eigenvalue weighted by Gasteiger charge is 2.28. The highest BCUT2D eigenvalue weighted by atomic mass is 16.2. The van der Waals surface area contributed by atoms with Crippen LogP contribution < -0.4 is 5.32 Å². The molecule has 0 aromatic rings. The molecule has 2 aliphatic heterocycles. The zero-order valence-corrected chi connectivity index (χ0v) is 10.4. The second-order valence-electron chi connectivity index (χ2n) is 4.87. The fourth-order valence-corrected chi connectivity index (χ4v) is 2.56. The lowest BCUT2D eigenvalue weighted by Crippen LogP contribution is -2.53. The van der Waals surface area contributed by atoms with Gasteiger partial charge in [-0.15, -0.1) is 0 Å². The molecule has 0 radical (unpaired) electrons. The summed E-state index contributed by atoms with van der Waals surface area (Å²) in [5.74, 6) is 0.518. The van der Waals surface area contributed by atoms with E-state index in [0.717, 1.165) is 25.9 Å². The first-order valence-corrected chi connectivity index (χ1v) is 6.43. The first kappa shape index (κ1) is 12.4. The maximum atomic E-state index is 12.2. The second-order valence-corrected chi connectivity index (χ2v) is 4.87. The maximum absolute atomic E-state index is 12.2. The highest BCUT2D eigenvalue weighted by molar-refractivity contribution is 5.80. The Kier molecular flexibility index (Phi) is 3.99. The van der Waals surface area contributed by atoms with Crippen LogP contribution in [0.2, 0.25) is 0 Å². The third-order valence-electron chi connectivity index (χ3n) is 3.68. The van der Waals surface area contributed by atoms with Crippen molar-refractivity contribution in [1.29, 1.82) is 0 Å². The quantitative estimate of drug-likeness (QED) is 0.682. The van der Waals surface area contributed by atoms with Crippen molar-refractivity contribution in [3.63, 3.8) is 0 Å². The van der Waals surface area contributed by atoms with Crippen LogP contribution in [-0.2, 0) is 9.59 Å². The number of carbonyl (C=O) groups excluding carboxylic acids is 2. The summed E-state index contributed by atoms with van der Waals surface area (Å²) in [7, 11) is 0. The molecular weight excluding hydrogens is 218 g/mol. The minimum atomic E-state index is 0.108. The number of piperazine rings is 1. The minimum absolute atomic E-state index is 0.108. The van der Waals surface area contributed by atoms with Gasteiger partial charge in [0.2, 0.25) is 11.8 Å². The van der Waals surface area contributed by atoms with Gasteiger partial charge in [0.25, 0.3) is 0 Å². The number of hydrogen-bond acceptors (Lipinski definition) is 3. The molecule has 1 atom stereocenters. The van der Waals surface area contributed by atoms with Gasteiger partial charge in [0.15, 0.2) is 0 Å². The van der Waals surface area contributed by atoms with E-state index >= 15 is 0 Å². The Hall–Kier alpha value is -1.10. The van der Waals surface area contributed by atoms with Gasteiger partial charge in [-0.3, -0.25) is 9.59 Å². The fraction of sp³-hybridized carbons (Fsp3) is 0.833. The largest absolute Gasteiger partial charge is 0.339 e. The van der Waals surface area contributed by atoms with Crippen LogP contribution in [0.4, 0.5) is 0 Å². The third-order valence-corrected chi connectivity index (χ3v) is 3.68. The van der Waals surface area contributed by atoms with E-state index in [-0.39, 0.29) is 17.7 Å². The van der Waals surface area contributed by atoms with E-state index in [1.807, 2.05) is 9.80 Å². The third kappa shape index (κ3) is 2.97. The van der Waals surface area contributed by atoms with Crippen molar-refractivity contribution in [2.75, 3.05) is 39.3 Å². The van der Waals surface area contributed by atoms with E-state index in [4.69, 9.17) is 0 Å². The zero-order valence-electron chi connectivity index (χ0n) is 10.4. The summed E-state index contributed by atoms with van der Waals surface area (Å²) in [5.41, 5.74) is 0. The summed E-state index contributed by atoms with van der Waals surface area (Å²) in [4.78, 5) is 27.1. The summed E-state index contributed by atoms with van der Waals surface area (Å²) in [5, 5.41) is 3.27. The molecule has 2 fully saturated rings. The average Bonchev–Trinajstić information content (AvgIpc) is 2.39. The summed E-state index contributed by atoms with van der Waals surface area (Å²) in [6.45, 7) is 6.17. The zero-order chi connectivity index (χ0) is 12.3. The number of piperidine rings is 1. The topological polar surface area (TPSA) is 52.7 Å². The van der Waals surface area contributed by atoms with Crippen molar-refractivity contribution in [3.8, 4) is 0 Å². The molecule has 0 saturated carbocycles. The second kappa shape index (κ2) is 5.49. The molecule has 5 nitrogen and oxygen atoms in total. The van der Waals surface area contributed by atoms with Crippen LogP contribution in [0.25, 0.3) is 0 Å². The van der Waals surface area contributed by atoms with Crippen molar-refractivity contribution in [1.82, 2.24) is 15.1 Å². The Balaban J connectivity index is 1.83. The SMILES string of the molecule is CC(=O)N1CCN(C(=O)C2CCCNC2)CC1. The lowest BCUT2D eigenvalue weighted by Gasteiger charge is -2.36. The Bertz CT molecular complexity index is 292. The lowest BCUT2D eigenvalue weighted by atomic mass is 9.98. The number of amides is 2. The van der Waals surface area contributed by atoms with Gasteiger partial charge in [0, 0.05) is 39.6 Å². The molecule has 1 N–H and O–H groups in total. The van der Waals surface area contributed by atoms with Crippen molar-refractivity contribution in [2.45, 2.75) is 19.8 Å². The smallest absolute Gasteiger partial charge is 0.227 e. The van der Waals surface area contributed by atoms with Crippen LogP contribution >= 0.6 is 0 Å². The van der Waals surface area contributed by atoms with Gasteiger partial charge >= 0.3 is 0 Å². The molecule has 96 valence electrons. The molecule has 0 spiro atoms. The standard InChI is InChI=1S/C12H21N3O2/c1-10(16)14-5-7-15(8-6-14)12(17)11-3-2-4-13-9-11/h11,13H,2-9H2,1H3. The summed E-state index contributed by atoms with van der Waals surface area (Å²) in [6.07, 6.45) is 2.09.